The molecule has 0 bridgehead atoms. The monoisotopic (exact) mass is 279 g/mol. The number of anilines is 1. The first kappa shape index (κ1) is 14.0. The van der Waals surface area contributed by atoms with Crippen LogP contribution in [-0.4, -0.2) is 34.0 Å². The molecule has 1 aliphatic rings. The summed E-state index contributed by atoms with van der Waals surface area (Å²) in [5, 5.41) is 22.7. The van der Waals surface area contributed by atoms with Gasteiger partial charge in [0.25, 0.3) is 0 Å². The summed E-state index contributed by atoms with van der Waals surface area (Å²) in [5.74, 6) is 0.629. The molecule has 1 saturated heterocycles. The number of nitrogens with zero attached hydrogens (tertiary/aromatic N) is 4. The molecule has 1 unspecified atom stereocenters. The largest absolute Gasteiger partial charge is 0.409 e. The van der Waals surface area contributed by atoms with Crippen LogP contribution in [0.2, 0.25) is 0 Å². The molecule has 8 nitrogen and oxygen atoms in total. The van der Waals surface area contributed by atoms with E-state index in [1.807, 2.05) is 4.90 Å². The first-order chi connectivity index (χ1) is 9.52. The molecule has 108 valence electrons. The molecule has 0 saturated carbocycles. The van der Waals surface area contributed by atoms with Gasteiger partial charge >= 0.3 is 5.69 Å². The number of nitro groups is 1. The van der Waals surface area contributed by atoms with Crippen LogP contribution in [0.15, 0.2) is 17.4 Å². The minimum absolute atomic E-state index is 0.122. The van der Waals surface area contributed by atoms with E-state index in [1.54, 1.807) is 0 Å². The van der Waals surface area contributed by atoms with E-state index in [2.05, 4.69) is 17.1 Å². The second kappa shape index (κ2) is 5.72. The predicted molar refractivity (Wildman–Crippen MR) is 74.0 cm³/mol. The molecule has 0 amide bonds. The van der Waals surface area contributed by atoms with Gasteiger partial charge in [0.2, 0.25) is 5.82 Å². The maximum absolute atomic E-state index is 11.2. The SMILES string of the molecule is CC1CCCN(c2ncc(C(N)=NO)cc2[N+](=O)[O-])C1. The molecule has 0 spiro atoms. The lowest BCUT2D eigenvalue weighted by atomic mass is 10.0. The van der Waals surface area contributed by atoms with Gasteiger partial charge in [-0.2, -0.15) is 0 Å². The summed E-state index contributed by atoms with van der Waals surface area (Å²) < 4.78 is 0. The zero-order chi connectivity index (χ0) is 14.7. The lowest BCUT2D eigenvalue weighted by Crippen LogP contribution is -2.35. The number of piperidine rings is 1. The number of hydrogen-bond acceptors (Lipinski definition) is 6. The van der Waals surface area contributed by atoms with Gasteiger partial charge in [0.1, 0.15) is 0 Å². The van der Waals surface area contributed by atoms with E-state index in [0.717, 1.165) is 25.9 Å². The third-order valence-corrected chi connectivity index (χ3v) is 3.40. The number of aromatic nitrogens is 1. The molecular formula is C12H17N5O3. The molecule has 2 heterocycles. The van der Waals surface area contributed by atoms with Crippen molar-refractivity contribution in [3.63, 3.8) is 0 Å². The smallest absolute Gasteiger partial charge is 0.312 e. The quantitative estimate of drug-likeness (QED) is 0.283. The van der Waals surface area contributed by atoms with Crippen molar-refractivity contribution >= 4 is 17.3 Å². The lowest BCUT2D eigenvalue weighted by molar-refractivity contribution is -0.384. The molecule has 1 aromatic rings. The van der Waals surface area contributed by atoms with E-state index in [9.17, 15) is 10.1 Å². The van der Waals surface area contributed by atoms with Gasteiger partial charge in [0.05, 0.1) is 4.92 Å². The Balaban J connectivity index is 2.40. The van der Waals surface area contributed by atoms with Gasteiger partial charge in [-0.3, -0.25) is 10.1 Å². The molecule has 1 fully saturated rings. The van der Waals surface area contributed by atoms with Crippen LogP contribution in [-0.2, 0) is 0 Å². The Labute approximate surface area is 116 Å². The lowest BCUT2D eigenvalue weighted by Gasteiger charge is -2.31. The molecule has 1 aliphatic heterocycles. The van der Waals surface area contributed by atoms with Gasteiger partial charge in [-0.05, 0) is 18.8 Å². The average Bonchev–Trinajstić information content (AvgIpc) is 2.45. The predicted octanol–water partition coefficient (Wildman–Crippen LogP) is 1.32. The first-order valence-electron chi connectivity index (χ1n) is 6.40. The highest BCUT2D eigenvalue weighted by Gasteiger charge is 2.26. The van der Waals surface area contributed by atoms with Crippen molar-refractivity contribution in [3.8, 4) is 0 Å². The second-order valence-electron chi connectivity index (χ2n) is 5.00. The van der Waals surface area contributed by atoms with Crippen LogP contribution in [0.25, 0.3) is 0 Å². The highest BCUT2D eigenvalue weighted by Crippen LogP contribution is 2.30. The van der Waals surface area contributed by atoms with E-state index in [4.69, 9.17) is 10.9 Å². The molecule has 3 N–H and O–H groups in total. The highest BCUT2D eigenvalue weighted by atomic mass is 16.6. The molecule has 20 heavy (non-hydrogen) atoms. The van der Waals surface area contributed by atoms with Gasteiger partial charge in [-0.25, -0.2) is 4.98 Å². The fraction of sp³-hybridized carbons (Fsp3) is 0.500. The Bertz CT molecular complexity index is 546. The van der Waals surface area contributed by atoms with Crippen molar-refractivity contribution in [1.82, 2.24) is 4.98 Å². The number of amidine groups is 1. The Morgan fingerprint density at radius 1 is 1.70 bits per heavy atom. The van der Waals surface area contributed by atoms with Gasteiger partial charge in [0.15, 0.2) is 5.84 Å². The summed E-state index contributed by atoms with van der Waals surface area (Å²) in [6.45, 7) is 3.61. The van der Waals surface area contributed by atoms with Crippen molar-refractivity contribution in [1.29, 1.82) is 0 Å². The maximum atomic E-state index is 11.2. The van der Waals surface area contributed by atoms with Gasteiger partial charge in [-0.1, -0.05) is 12.1 Å². The normalized spacial score (nSPS) is 19.9. The molecule has 1 aromatic heterocycles. The van der Waals surface area contributed by atoms with Crippen molar-refractivity contribution < 1.29 is 10.1 Å². The molecule has 1 atom stereocenters. The van der Waals surface area contributed by atoms with Crippen molar-refractivity contribution in [2.45, 2.75) is 19.8 Å². The molecule has 0 aromatic carbocycles. The topological polar surface area (TPSA) is 118 Å². The van der Waals surface area contributed by atoms with E-state index in [-0.39, 0.29) is 17.1 Å². The fourth-order valence-electron chi connectivity index (χ4n) is 2.40. The van der Waals surface area contributed by atoms with Gasteiger partial charge < -0.3 is 15.8 Å². The summed E-state index contributed by atoms with van der Waals surface area (Å²) in [6.07, 6.45) is 3.49. The summed E-state index contributed by atoms with van der Waals surface area (Å²) in [5.41, 5.74) is 5.55. The van der Waals surface area contributed by atoms with E-state index in [1.165, 1.54) is 12.3 Å². The maximum Gasteiger partial charge on any atom is 0.312 e. The molecule has 0 radical (unpaired) electrons. The van der Waals surface area contributed by atoms with Crippen molar-refractivity contribution in [3.05, 3.63) is 27.9 Å². The fourth-order valence-corrected chi connectivity index (χ4v) is 2.40. The Hall–Kier alpha value is -2.38. The highest BCUT2D eigenvalue weighted by molar-refractivity contribution is 5.97. The van der Waals surface area contributed by atoms with Crippen LogP contribution >= 0.6 is 0 Å². The number of rotatable bonds is 3. The molecule has 0 aliphatic carbocycles. The van der Waals surface area contributed by atoms with Crippen LogP contribution in [0.5, 0.6) is 0 Å². The summed E-state index contributed by atoms with van der Waals surface area (Å²) in [6, 6.07) is 1.29. The summed E-state index contributed by atoms with van der Waals surface area (Å²) in [7, 11) is 0. The number of nitrogens with two attached hydrogens (primary N) is 1. The van der Waals surface area contributed by atoms with Crippen molar-refractivity contribution in [2.75, 3.05) is 18.0 Å². The van der Waals surface area contributed by atoms with Gasteiger partial charge in [0, 0.05) is 30.9 Å². The number of oxime groups is 1. The Morgan fingerprint density at radius 2 is 2.45 bits per heavy atom. The zero-order valence-electron chi connectivity index (χ0n) is 11.2. The standard InChI is InChI=1S/C12H17N5O3/c1-8-3-2-4-16(7-8)12-10(17(19)20)5-9(6-14-12)11(13)15-18/h5-6,8,18H,2-4,7H2,1H3,(H2,13,15). The Morgan fingerprint density at radius 3 is 3.05 bits per heavy atom. The van der Waals surface area contributed by atoms with Crippen LogP contribution in [0, 0.1) is 16.0 Å². The number of pyridine rings is 1. The van der Waals surface area contributed by atoms with E-state index in [0.29, 0.717) is 11.7 Å². The molecule has 8 heteroatoms. The third-order valence-electron chi connectivity index (χ3n) is 3.40. The van der Waals surface area contributed by atoms with E-state index < -0.39 is 4.92 Å². The third kappa shape index (κ3) is 2.79. The van der Waals surface area contributed by atoms with Crippen LogP contribution < -0.4 is 10.6 Å². The zero-order valence-corrected chi connectivity index (χ0v) is 11.2. The van der Waals surface area contributed by atoms with Crippen LogP contribution in [0.4, 0.5) is 11.5 Å². The minimum atomic E-state index is -0.490. The van der Waals surface area contributed by atoms with Crippen LogP contribution in [0.3, 0.4) is 0 Å². The second-order valence-corrected chi connectivity index (χ2v) is 5.00. The number of hydrogen-bond donors (Lipinski definition) is 2. The summed E-state index contributed by atoms with van der Waals surface area (Å²) in [4.78, 5) is 16.8. The first-order valence-corrected chi connectivity index (χ1v) is 6.40. The molecular weight excluding hydrogens is 262 g/mol. The Kier molecular flexibility index (Phi) is 4.02. The van der Waals surface area contributed by atoms with Crippen molar-refractivity contribution in [2.24, 2.45) is 16.8 Å². The average molecular weight is 279 g/mol. The minimum Gasteiger partial charge on any atom is -0.409 e. The summed E-state index contributed by atoms with van der Waals surface area (Å²) >= 11 is 0. The van der Waals surface area contributed by atoms with E-state index >= 15 is 0 Å². The van der Waals surface area contributed by atoms with Crippen LogP contribution in [0.1, 0.15) is 25.3 Å². The van der Waals surface area contributed by atoms with Gasteiger partial charge in [-0.15, -0.1) is 0 Å². The molecule has 2 rings (SSSR count).